The Hall–Kier alpha value is -3.02. The van der Waals surface area contributed by atoms with Gasteiger partial charge in [0.1, 0.15) is 30.8 Å². The molecule has 32 heavy (non-hydrogen) atoms. The van der Waals surface area contributed by atoms with Gasteiger partial charge in [-0.2, -0.15) is 0 Å². The van der Waals surface area contributed by atoms with E-state index in [1.807, 2.05) is 0 Å². The zero-order valence-electron chi connectivity index (χ0n) is 17.0. The summed E-state index contributed by atoms with van der Waals surface area (Å²) in [5.41, 5.74) is 0.202. The summed E-state index contributed by atoms with van der Waals surface area (Å²) in [6.07, 6.45) is -1.09. The monoisotopic (exact) mass is 466 g/mol. The first-order valence-electron chi connectivity index (χ1n) is 9.78. The molecule has 0 radical (unpaired) electrons. The molecule has 2 aromatic carbocycles. The number of carbonyl (C=O) groups is 2. The highest BCUT2D eigenvalue weighted by molar-refractivity contribution is 7.89. The number of amides is 1. The standard InChI is InChI=1S/C21H23FN2O7S/c22-18-4-2-1-3-14(18)11-20(26)24-13-15(25)12-19(24)21(27)31-10-9-30-16-5-7-17(8-6-16)32(23,28)29/h1-8,15,19,25H,9-13H2,(H2,23,28,29). The van der Waals surface area contributed by atoms with Gasteiger partial charge in [-0.25, -0.2) is 22.7 Å². The number of sulfonamides is 1. The third-order valence-corrected chi connectivity index (χ3v) is 5.85. The lowest BCUT2D eigenvalue weighted by Gasteiger charge is -2.23. The van der Waals surface area contributed by atoms with Gasteiger partial charge >= 0.3 is 5.97 Å². The fourth-order valence-electron chi connectivity index (χ4n) is 3.34. The summed E-state index contributed by atoms with van der Waals surface area (Å²) in [6, 6.07) is 10.3. The minimum atomic E-state index is -3.80. The number of hydrogen-bond donors (Lipinski definition) is 2. The van der Waals surface area contributed by atoms with Gasteiger partial charge in [-0.05, 0) is 35.9 Å². The lowest BCUT2D eigenvalue weighted by atomic mass is 10.1. The fourth-order valence-corrected chi connectivity index (χ4v) is 3.86. The van der Waals surface area contributed by atoms with Crippen LogP contribution in [-0.2, 0) is 30.8 Å². The Kier molecular flexibility index (Phi) is 7.44. The number of nitrogens with two attached hydrogens (primary N) is 1. The second-order valence-electron chi connectivity index (χ2n) is 7.25. The topological polar surface area (TPSA) is 136 Å². The average Bonchev–Trinajstić information content (AvgIpc) is 3.14. The first-order chi connectivity index (χ1) is 15.1. The molecule has 1 fully saturated rings. The predicted molar refractivity (Wildman–Crippen MR) is 110 cm³/mol. The number of benzene rings is 2. The van der Waals surface area contributed by atoms with E-state index in [1.165, 1.54) is 47.4 Å². The highest BCUT2D eigenvalue weighted by Gasteiger charge is 2.39. The lowest BCUT2D eigenvalue weighted by Crippen LogP contribution is -2.42. The van der Waals surface area contributed by atoms with Crippen LogP contribution >= 0.6 is 0 Å². The quantitative estimate of drug-likeness (QED) is 0.429. The predicted octanol–water partition coefficient (Wildman–Crippen LogP) is 0.600. The van der Waals surface area contributed by atoms with E-state index in [2.05, 4.69) is 0 Å². The number of nitrogens with zero attached hydrogens (tertiary/aromatic N) is 1. The molecule has 9 nitrogen and oxygen atoms in total. The van der Waals surface area contributed by atoms with Crippen molar-refractivity contribution in [3.63, 3.8) is 0 Å². The van der Waals surface area contributed by atoms with Crippen LogP contribution in [0.4, 0.5) is 4.39 Å². The number of rotatable bonds is 8. The molecule has 2 atom stereocenters. The Bertz CT molecular complexity index is 1080. The van der Waals surface area contributed by atoms with Crippen molar-refractivity contribution in [3.05, 3.63) is 59.9 Å². The number of esters is 1. The third kappa shape index (κ3) is 6.02. The van der Waals surface area contributed by atoms with Crippen molar-refractivity contribution < 1.29 is 37.0 Å². The largest absolute Gasteiger partial charge is 0.490 e. The molecule has 0 spiro atoms. The second-order valence-corrected chi connectivity index (χ2v) is 8.81. The van der Waals surface area contributed by atoms with Crippen LogP contribution in [0.15, 0.2) is 53.4 Å². The van der Waals surface area contributed by atoms with Crippen LogP contribution in [0.2, 0.25) is 0 Å². The molecule has 3 N–H and O–H groups in total. The van der Waals surface area contributed by atoms with Gasteiger partial charge in [-0.15, -0.1) is 0 Å². The summed E-state index contributed by atoms with van der Waals surface area (Å²) in [4.78, 5) is 26.2. The number of β-amino-alcohol motifs (C(OH)–C–C–N with tert-alkyl or cyclic N) is 1. The normalized spacial score (nSPS) is 18.4. The van der Waals surface area contributed by atoms with Crippen LogP contribution < -0.4 is 9.88 Å². The highest BCUT2D eigenvalue weighted by Crippen LogP contribution is 2.21. The number of primary sulfonamides is 1. The van der Waals surface area contributed by atoms with Crippen LogP contribution in [0, 0.1) is 5.82 Å². The molecule has 0 bridgehead atoms. The molecule has 11 heteroatoms. The number of ether oxygens (including phenoxy) is 2. The highest BCUT2D eigenvalue weighted by atomic mass is 32.2. The molecule has 0 saturated carbocycles. The average molecular weight is 466 g/mol. The van der Waals surface area contributed by atoms with Crippen molar-refractivity contribution in [2.24, 2.45) is 5.14 Å². The van der Waals surface area contributed by atoms with Crippen molar-refractivity contribution in [1.82, 2.24) is 4.90 Å². The van der Waals surface area contributed by atoms with Gasteiger partial charge in [-0.3, -0.25) is 4.79 Å². The maximum Gasteiger partial charge on any atom is 0.329 e. The minimum Gasteiger partial charge on any atom is -0.490 e. The first-order valence-corrected chi connectivity index (χ1v) is 11.3. The Morgan fingerprint density at radius 3 is 2.47 bits per heavy atom. The maximum atomic E-state index is 13.8. The van der Waals surface area contributed by atoms with Crippen molar-refractivity contribution in [3.8, 4) is 5.75 Å². The van der Waals surface area contributed by atoms with E-state index in [9.17, 15) is 27.5 Å². The molecule has 3 rings (SSSR count). The molecular formula is C21H23FN2O7S. The summed E-state index contributed by atoms with van der Waals surface area (Å²) in [5, 5.41) is 15.0. The Balaban J connectivity index is 1.51. The van der Waals surface area contributed by atoms with E-state index >= 15 is 0 Å². The number of halogens is 1. The SMILES string of the molecule is NS(=O)(=O)c1ccc(OCCOC(=O)C2CC(O)CN2C(=O)Cc2ccccc2F)cc1. The number of aliphatic hydroxyl groups excluding tert-OH is 1. The van der Waals surface area contributed by atoms with Crippen LogP contribution in [-0.4, -0.2) is 62.2 Å². The molecule has 0 aliphatic carbocycles. The van der Waals surface area contributed by atoms with Crippen LogP contribution in [0.25, 0.3) is 0 Å². The molecule has 2 unspecified atom stereocenters. The van der Waals surface area contributed by atoms with Crippen LogP contribution in [0.3, 0.4) is 0 Å². The molecule has 1 amide bonds. The van der Waals surface area contributed by atoms with Gasteiger partial charge in [0, 0.05) is 13.0 Å². The van der Waals surface area contributed by atoms with Crippen LogP contribution in [0.1, 0.15) is 12.0 Å². The molecular weight excluding hydrogens is 443 g/mol. The lowest BCUT2D eigenvalue weighted by molar-refractivity contribution is -0.153. The smallest absolute Gasteiger partial charge is 0.329 e. The van der Waals surface area contributed by atoms with Crippen molar-refractivity contribution >= 4 is 21.9 Å². The Morgan fingerprint density at radius 2 is 1.81 bits per heavy atom. The van der Waals surface area contributed by atoms with E-state index in [0.29, 0.717) is 5.75 Å². The van der Waals surface area contributed by atoms with E-state index in [0.717, 1.165) is 0 Å². The molecule has 1 aliphatic rings. The summed E-state index contributed by atoms with van der Waals surface area (Å²) < 4.78 is 46.9. The van der Waals surface area contributed by atoms with Crippen LogP contribution in [0.5, 0.6) is 5.75 Å². The van der Waals surface area contributed by atoms with Gasteiger partial charge in [0.25, 0.3) is 0 Å². The molecule has 1 aliphatic heterocycles. The summed E-state index contributed by atoms with van der Waals surface area (Å²) >= 11 is 0. The van der Waals surface area contributed by atoms with Crippen molar-refractivity contribution in [1.29, 1.82) is 0 Å². The zero-order valence-corrected chi connectivity index (χ0v) is 17.8. The Morgan fingerprint density at radius 1 is 1.12 bits per heavy atom. The van der Waals surface area contributed by atoms with Gasteiger partial charge < -0.3 is 19.5 Å². The van der Waals surface area contributed by atoms with E-state index in [4.69, 9.17) is 14.6 Å². The molecule has 0 aromatic heterocycles. The Labute approximate surface area is 184 Å². The zero-order chi connectivity index (χ0) is 23.3. The third-order valence-electron chi connectivity index (χ3n) is 4.92. The van der Waals surface area contributed by atoms with Crippen molar-refractivity contribution in [2.75, 3.05) is 19.8 Å². The fraction of sp³-hybridized carbons (Fsp3) is 0.333. The van der Waals surface area contributed by atoms with E-state index < -0.39 is 39.9 Å². The molecule has 2 aromatic rings. The number of likely N-dealkylation sites (tertiary alicyclic amines) is 1. The van der Waals surface area contributed by atoms with Gasteiger partial charge in [-0.1, -0.05) is 18.2 Å². The summed E-state index contributed by atoms with van der Waals surface area (Å²) in [5.74, 6) is -1.35. The molecule has 1 heterocycles. The van der Waals surface area contributed by atoms with Gasteiger partial charge in [0.05, 0.1) is 17.4 Å². The van der Waals surface area contributed by atoms with Gasteiger partial charge in [0.15, 0.2) is 0 Å². The molecule has 1 saturated heterocycles. The number of aliphatic hydroxyl groups is 1. The van der Waals surface area contributed by atoms with Gasteiger partial charge in [0.2, 0.25) is 15.9 Å². The first kappa shape index (κ1) is 23.6. The van der Waals surface area contributed by atoms with Crippen molar-refractivity contribution in [2.45, 2.75) is 29.9 Å². The number of carbonyl (C=O) groups excluding carboxylic acids is 2. The van der Waals surface area contributed by atoms with E-state index in [1.54, 1.807) is 6.07 Å². The minimum absolute atomic E-state index is 0.0150. The summed E-state index contributed by atoms with van der Waals surface area (Å²) in [6.45, 7) is -0.184. The maximum absolute atomic E-state index is 13.8. The summed E-state index contributed by atoms with van der Waals surface area (Å²) in [7, 11) is -3.80. The van der Waals surface area contributed by atoms with E-state index in [-0.39, 0.29) is 43.1 Å². The number of hydrogen-bond acceptors (Lipinski definition) is 7. The second kappa shape index (κ2) is 10.1. The molecule has 172 valence electrons.